The van der Waals surface area contributed by atoms with Gasteiger partial charge >= 0.3 is 5.97 Å². The molecule has 1 unspecified atom stereocenters. The molecule has 0 aliphatic heterocycles. The summed E-state index contributed by atoms with van der Waals surface area (Å²) < 4.78 is 15.7. The van der Waals surface area contributed by atoms with Crippen LogP contribution in [0.5, 0.6) is 0 Å². The van der Waals surface area contributed by atoms with E-state index in [1.807, 2.05) is 13.8 Å². The van der Waals surface area contributed by atoms with Gasteiger partial charge in [-0.2, -0.15) is 0 Å². The highest BCUT2D eigenvalue weighted by atomic mass is 16.5. The molecule has 1 N–H and O–H groups in total. The van der Waals surface area contributed by atoms with Crippen LogP contribution in [0.4, 0.5) is 0 Å². The highest BCUT2D eigenvalue weighted by Gasteiger charge is 2.21. The SMILES string of the molecule is CCCNC(CN(CCOCC)CCOCC)C(=O)OC. The maximum absolute atomic E-state index is 11.8. The molecule has 0 rings (SSSR count). The molecule has 0 aromatic carbocycles. The molecule has 0 aliphatic carbocycles. The smallest absolute Gasteiger partial charge is 0.324 e. The molecule has 126 valence electrons. The van der Waals surface area contributed by atoms with Crippen molar-refractivity contribution in [2.24, 2.45) is 0 Å². The van der Waals surface area contributed by atoms with Crippen LogP contribution in [0.25, 0.3) is 0 Å². The van der Waals surface area contributed by atoms with Crippen LogP contribution in [0.1, 0.15) is 27.2 Å². The molecule has 0 fully saturated rings. The van der Waals surface area contributed by atoms with Gasteiger partial charge in [0.1, 0.15) is 6.04 Å². The first-order valence-electron chi connectivity index (χ1n) is 7.88. The Balaban J connectivity index is 4.41. The molecule has 0 aliphatic rings. The standard InChI is InChI=1S/C15H32N2O4/c1-5-8-16-14(15(18)19-4)13-17(9-11-20-6-2)10-12-21-7-3/h14,16H,5-13H2,1-4H3. The average Bonchev–Trinajstić information content (AvgIpc) is 2.50. The molecule has 21 heavy (non-hydrogen) atoms. The van der Waals surface area contributed by atoms with Crippen LogP contribution in [-0.4, -0.2) is 76.6 Å². The number of rotatable bonds is 14. The van der Waals surface area contributed by atoms with Gasteiger partial charge in [-0.15, -0.1) is 0 Å². The van der Waals surface area contributed by atoms with Crippen LogP contribution in [0, 0.1) is 0 Å². The Morgan fingerprint density at radius 2 is 1.67 bits per heavy atom. The third kappa shape index (κ3) is 10.6. The van der Waals surface area contributed by atoms with Gasteiger partial charge in [0, 0.05) is 32.8 Å². The van der Waals surface area contributed by atoms with Gasteiger partial charge < -0.3 is 19.5 Å². The summed E-state index contributed by atoms with van der Waals surface area (Å²) >= 11 is 0. The zero-order chi connectivity index (χ0) is 15.9. The van der Waals surface area contributed by atoms with Crippen LogP contribution < -0.4 is 5.32 Å². The topological polar surface area (TPSA) is 60.0 Å². The van der Waals surface area contributed by atoms with Gasteiger partial charge in [0.25, 0.3) is 0 Å². The molecule has 0 bridgehead atoms. The summed E-state index contributed by atoms with van der Waals surface area (Å²) in [6, 6.07) is -0.307. The lowest BCUT2D eigenvalue weighted by Gasteiger charge is -2.26. The Bertz CT molecular complexity index is 242. The quantitative estimate of drug-likeness (QED) is 0.380. The number of carbonyl (C=O) groups is 1. The van der Waals surface area contributed by atoms with Gasteiger partial charge in [-0.25, -0.2) is 0 Å². The predicted molar refractivity (Wildman–Crippen MR) is 83.5 cm³/mol. The van der Waals surface area contributed by atoms with Crippen LogP contribution >= 0.6 is 0 Å². The maximum Gasteiger partial charge on any atom is 0.324 e. The molecule has 0 amide bonds. The van der Waals surface area contributed by atoms with Crippen molar-refractivity contribution in [3.8, 4) is 0 Å². The first kappa shape index (κ1) is 20.3. The van der Waals surface area contributed by atoms with E-state index in [1.54, 1.807) is 0 Å². The summed E-state index contributed by atoms with van der Waals surface area (Å²) in [5, 5.41) is 3.23. The van der Waals surface area contributed by atoms with Crippen molar-refractivity contribution < 1.29 is 19.0 Å². The Morgan fingerprint density at radius 3 is 2.10 bits per heavy atom. The number of nitrogens with one attached hydrogen (secondary N) is 1. The van der Waals surface area contributed by atoms with Gasteiger partial charge in [-0.3, -0.25) is 9.69 Å². The minimum Gasteiger partial charge on any atom is -0.468 e. The maximum atomic E-state index is 11.8. The average molecular weight is 304 g/mol. The normalized spacial score (nSPS) is 12.6. The molecule has 0 saturated heterocycles. The minimum absolute atomic E-state index is 0.221. The number of methoxy groups -OCH3 is 1. The second-order valence-electron chi connectivity index (χ2n) is 4.72. The Labute approximate surface area is 129 Å². The Morgan fingerprint density at radius 1 is 1.10 bits per heavy atom. The molecule has 6 heteroatoms. The van der Waals surface area contributed by atoms with Crippen molar-refractivity contribution in [1.82, 2.24) is 10.2 Å². The van der Waals surface area contributed by atoms with E-state index in [0.29, 0.717) is 33.0 Å². The van der Waals surface area contributed by atoms with Gasteiger partial charge in [-0.05, 0) is 26.8 Å². The summed E-state index contributed by atoms with van der Waals surface area (Å²) in [6.45, 7) is 11.7. The monoisotopic (exact) mass is 304 g/mol. The van der Waals surface area contributed by atoms with Gasteiger partial charge in [0.2, 0.25) is 0 Å². The minimum atomic E-state index is -0.307. The van der Waals surface area contributed by atoms with E-state index in [-0.39, 0.29) is 12.0 Å². The zero-order valence-corrected chi connectivity index (χ0v) is 14.0. The predicted octanol–water partition coefficient (Wildman–Crippen LogP) is 0.903. The van der Waals surface area contributed by atoms with Crippen LogP contribution in [-0.2, 0) is 19.0 Å². The molecule has 0 aromatic heterocycles. The molecule has 0 radical (unpaired) electrons. The number of hydrogen-bond acceptors (Lipinski definition) is 6. The van der Waals surface area contributed by atoms with Gasteiger partial charge in [0.05, 0.1) is 20.3 Å². The third-order valence-electron chi connectivity index (χ3n) is 3.08. The lowest BCUT2D eigenvalue weighted by molar-refractivity contribution is -0.143. The van der Waals surface area contributed by atoms with E-state index in [4.69, 9.17) is 14.2 Å². The summed E-state index contributed by atoms with van der Waals surface area (Å²) in [5.74, 6) is -0.221. The van der Waals surface area contributed by atoms with Crippen LogP contribution in [0.15, 0.2) is 0 Å². The summed E-state index contributed by atoms with van der Waals surface area (Å²) in [5.41, 5.74) is 0. The van der Waals surface area contributed by atoms with Crippen molar-refractivity contribution >= 4 is 5.97 Å². The Kier molecular flexibility index (Phi) is 13.8. The van der Waals surface area contributed by atoms with Crippen molar-refractivity contribution in [2.45, 2.75) is 33.2 Å². The molecular formula is C15H32N2O4. The number of nitrogens with zero attached hydrogens (tertiary/aromatic N) is 1. The second-order valence-corrected chi connectivity index (χ2v) is 4.72. The molecule has 1 atom stereocenters. The highest BCUT2D eigenvalue weighted by Crippen LogP contribution is 1.97. The van der Waals surface area contributed by atoms with E-state index >= 15 is 0 Å². The molecule has 0 aromatic rings. The van der Waals surface area contributed by atoms with Gasteiger partial charge in [-0.1, -0.05) is 6.92 Å². The van der Waals surface area contributed by atoms with Gasteiger partial charge in [0.15, 0.2) is 0 Å². The summed E-state index contributed by atoms with van der Waals surface area (Å²) in [6.07, 6.45) is 0.978. The third-order valence-corrected chi connectivity index (χ3v) is 3.08. The number of hydrogen-bond donors (Lipinski definition) is 1. The first-order valence-corrected chi connectivity index (χ1v) is 7.88. The fraction of sp³-hybridized carbons (Fsp3) is 0.933. The lowest BCUT2D eigenvalue weighted by atomic mass is 10.2. The van der Waals surface area contributed by atoms with E-state index in [1.165, 1.54) is 7.11 Å². The van der Waals surface area contributed by atoms with Crippen molar-refractivity contribution in [3.63, 3.8) is 0 Å². The molecule has 0 saturated carbocycles. The summed E-state index contributed by atoms with van der Waals surface area (Å²) in [7, 11) is 1.42. The van der Waals surface area contributed by atoms with Crippen molar-refractivity contribution in [2.75, 3.05) is 59.7 Å². The van der Waals surface area contributed by atoms with E-state index in [2.05, 4.69) is 17.1 Å². The van der Waals surface area contributed by atoms with E-state index in [9.17, 15) is 4.79 Å². The molecule has 0 spiro atoms. The Hall–Kier alpha value is -0.690. The first-order chi connectivity index (χ1) is 10.2. The summed E-state index contributed by atoms with van der Waals surface area (Å²) in [4.78, 5) is 14.0. The fourth-order valence-corrected chi connectivity index (χ4v) is 1.91. The molecular weight excluding hydrogens is 272 g/mol. The van der Waals surface area contributed by atoms with Crippen molar-refractivity contribution in [1.29, 1.82) is 0 Å². The number of esters is 1. The van der Waals surface area contributed by atoms with Crippen LogP contribution in [0.2, 0.25) is 0 Å². The second kappa shape index (κ2) is 14.3. The molecule has 6 nitrogen and oxygen atoms in total. The molecule has 0 heterocycles. The van der Waals surface area contributed by atoms with Crippen molar-refractivity contribution in [3.05, 3.63) is 0 Å². The van der Waals surface area contributed by atoms with Crippen LogP contribution in [0.3, 0.4) is 0 Å². The van der Waals surface area contributed by atoms with E-state index < -0.39 is 0 Å². The fourth-order valence-electron chi connectivity index (χ4n) is 1.91. The number of carbonyl (C=O) groups excluding carboxylic acids is 1. The zero-order valence-electron chi connectivity index (χ0n) is 14.0. The lowest BCUT2D eigenvalue weighted by Crippen LogP contribution is -2.48. The largest absolute Gasteiger partial charge is 0.468 e. The van der Waals surface area contributed by atoms with E-state index in [0.717, 1.165) is 26.1 Å². The number of ether oxygens (including phenoxy) is 3. The highest BCUT2D eigenvalue weighted by molar-refractivity contribution is 5.75.